The molecule has 0 bridgehead atoms. The first-order valence-electron chi connectivity index (χ1n) is 9.37. The second-order valence-electron chi connectivity index (χ2n) is 7.53. The Morgan fingerprint density at radius 3 is 2.26 bits per heavy atom. The number of hydrogen-bond donors (Lipinski definition) is 1. The van der Waals surface area contributed by atoms with Gasteiger partial charge in [0.2, 0.25) is 0 Å². The summed E-state index contributed by atoms with van der Waals surface area (Å²) in [5.74, 6) is 0. The molecule has 0 aliphatic heterocycles. The van der Waals surface area contributed by atoms with E-state index in [0.29, 0.717) is 5.41 Å². The van der Waals surface area contributed by atoms with Gasteiger partial charge in [0.05, 0.1) is 5.35 Å². The number of nitrogens with one attached hydrogen (secondary N) is 1. The van der Waals surface area contributed by atoms with Crippen LogP contribution in [0.15, 0.2) is 0 Å². The molecule has 1 aromatic heterocycles. The number of H-pyrrole nitrogens is 1. The Hall–Kier alpha value is -0.0200. The van der Waals surface area contributed by atoms with Crippen molar-refractivity contribution in [2.75, 3.05) is 0 Å². The SMILES string of the molecule is CCCCC1(CCCC)CCc2[nH]c3c(c2C1)=C(Br)CCC=3Br. The lowest BCUT2D eigenvalue weighted by molar-refractivity contribution is 0.192. The highest BCUT2D eigenvalue weighted by Gasteiger charge is 2.35. The number of aromatic nitrogens is 1. The van der Waals surface area contributed by atoms with Crippen molar-refractivity contribution in [3.63, 3.8) is 0 Å². The molecule has 1 aromatic rings. The molecule has 0 saturated carbocycles. The third-order valence-electron chi connectivity index (χ3n) is 5.88. The molecule has 2 aliphatic carbocycles. The van der Waals surface area contributed by atoms with E-state index < -0.39 is 0 Å². The molecule has 0 unspecified atom stereocenters. The lowest BCUT2D eigenvalue weighted by Gasteiger charge is -2.38. The Labute approximate surface area is 157 Å². The van der Waals surface area contributed by atoms with Gasteiger partial charge in [-0.1, -0.05) is 71.4 Å². The first kappa shape index (κ1) is 17.8. The topological polar surface area (TPSA) is 15.8 Å². The van der Waals surface area contributed by atoms with E-state index in [9.17, 15) is 0 Å². The van der Waals surface area contributed by atoms with Crippen LogP contribution in [0.25, 0.3) is 8.96 Å². The third-order valence-corrected chi connectivity index (χ3v) is 7.46. The second kappa shape index (κ2) is 7.47. The summed E-state index contributed by atoms with van der Waals surface area (Å²) in [6.45, 7) is 4.66. The fraction of sp³-hybridized carbons (Fsp3) is 0.700. The summed E-state index contributed by atoms with van der Waals surface area (Å²) in [7, 11) is 0. The highest BCUT2D eigenvalue weighted by Crippen LogP contribution is 2.42. The van der Waals surface area contributed by atoms with E-state index in [1.807, 2.05) is 0 Å². The predicted molar refractivity (Wildman–Crippen MR) is 107 cm³/mol. The van der Waals surface area contributed by atoms with E-state index >= 15 is 0 Å². The maximum Gasteiger partial charge on any atom is 0.0570 e. The van der Waals surface area contributed by atoms with Gasteiger partial charge in [0.25, 0.3) is 0 Å². The molecule has 3 heteroatoms. The van der Waals surface area contributed by atoms with E-state index in [0.717, 1.165) is 12.8 Å². The van der Waals surface area contributed by atoms with Crippen molar-refractivity contribution in [2.45, 2.75) is 84.5 Å². The normalized spacial score (nSPS) is 19.7. The summed E-state index contributed by atoms with van der Waals surface area (Å²) in [5, 5.41) is 2.85. The fourth-order valence-corrected chi connectivity index (χ4v) is 5.61. The van der Waals surface area contributed by atoms with Crippen molar-refractivity contribution in [3.05, 3.63) is 21.8 Å². The highest BCUT2D eigenvalue weighted by atomic mass is 79.9. The summed E-state index contributed by atoms with van der Waals surface area (Å²) in [6.07, 6.45) is 14.4. The van der Waals surface area contributed by atoms with Crippen molar-refractivity contribution >= 4 is 40.8 Å². The van der Waals surface area contributed by atoms with E-state index in [-0.39, 0.29) is 0 Å². The fourth-order valence-electron chi connectivity index (χ4n) is 4.48. The standard InChI is InChI=1S/C20H29Br2N/c1-3-5-10-20(11-6-4-2)12-9-17-14(13-20)18-15(21)7-8-16(22)19(18)23-17/h23H,3-13H2,1-2H3. The summed E-state index contributed by atoms with van der Waals surface area (Å²) in [5.41, 5.74) is 3.68. The van der Waals surface area contributed by atoms with Crippen LogP contribution in [0.3, 0.4) is 0 Å². The number of aryl methyl sites for hydroxylation is 1. The van der Waals surface area contributed by atoms with Crippen molar-refractivity contribution < 1.29 is 0 Å². The summed E-state index contributed by atoms with van der Waals surface area (Å²) < 4.78 is 2.77. The van der Waals surface area contributed by atoms with Gasteiger partial charge in [-0.05, 0) is 55.9 Å². The third kappa shape index (κ3) is 3.51. The largest absolute Gasteiger partial charge is 0.357 e. The molecule has 0 atom stereocenters. The van der Waals surface area contributed by atoms with Gasteiger partial charge in [-0.3, -0.25) is 0 Å². The second-order valence-corrected chi connectivity index (χ2v) is 9.44. The Bertz CT molecular complexity index is 675. The van der Waals surface area contributed by atoms with Crippen LogP contribution in [0.1, 0.15) is 82.9 Å². The average molecular weight is 443 g/mol. The molecule has 2 aliphatic rings. The number of unbranched alkanes of at least 4 members (excludes halogenated alkanes) is 2. The molecule has 0 fully saturated rings. The lowest BCUT2D eigenvalue weighted by Crippen LogP contribution is -2.35. The molecule has 1 heterocycles. The van der Waals surface area contributed by atoms with Gasteiger partial charge in [0, 0.05) is 19.9 Å². The zero-order chi connectivity index (χ0) is 16.4. The van der Waals surface area contributed by atoms with Crippen LogP contribution < -0.4 is 10.6 Å². The highest BCUT2D eigenvalue weighted by molar-refractivity contribution is 9.15. The Morgan fingerprint density at radius 1 is 0.957 bits per heavy atom. The first-order chi connectivity index (χ1) is 11.1. The van der Waals surface area contributed by atoms with Crippen molar-refractivity contribution in [2.24, 2.45) is 5.41 Å². The molecular weight excluding hydrogens is 414 g/mol. The van der Waals surface area contributed by atoms with Gasteiger partial charge in [-0.25, -0.2) is 0 Å². The van der Waals surface area contributed by atoms with Gasteiger partial charge in [0.1, 0.15) is 0 Å². The van der Waals surface area contributed by atoms with Gasteiger partial charge in [-0.2, -0.15) is 0 Å². The van der Waals surface area contributed by atoms with Crippen LogP contribution in [0.4, 0.5) is 0 Å². The van der Waals surface area contributed by atoms with Gasteiger partial charge in [0.15, 0.2) is 0 Å². The summed E-state index contributed by atoms with van der Waals surface area (Å²) in [6, 6.07) is 0. The maximum absolute atomic E-state index is 3.88. The van der Waals surface area contributed by atoms with Crippen LogP contribution in [-0.4, -0.2) is 4.98 Å². The number of fused-ring (bicyclic) bond motifs is 3. The molecule has 3 rings (SSSR count). The number of aromatic amines is 1. The monoisotopic (exact) mass is 441 g/mol. The van der Waals surface area contributed by atoms with Crippen molar-refractivity contribution in [1.82, 2.24) is 4.98 Å². The first-order valence-corrected chi connectivity index (χ1v) is 11.0. The minimum Gasteiger partial charge on any atom is -0.357 e. The molecule has 1 nitrogen and oxygen atoms in total. The van der Waals surface area contributed by atoms with Crippen LogP contribution in [0.5, 0.6) is 0 Å². The molecule has 1 N–H and O–H groups in total. The smallest absolute Gasteiger partial charge is 0.0570 e. The molecule has 0 amide bonds. The molecule has 128 valence electrons. The number of halogens is 2. The minimum absolute atomic E-state index is 0.548. The van der Waals surface area contributed by atoms with E-state index in [2.05, 4.69) is 50.7 Å². The molecule has 0 aromatic carbocycles. The van der Waals surface area contributed by atoms with E-state index in [1.165, 1.54) is 83.0 Å². The molecule has 0 spiro atoms. The molecule has 0 saturated heterocycles. The zero-order valence-electron chi connectivity index (χ0n) is 14.5. The van der Waals surface area contributed by atoms with E-state index in [4.69, 9.17) is 0 Å². The number of hydrogen-bond acceptors (Lipinski definition) is 0. The van der Waals surface area contributed by atoms with Crippen molar-refractivity contribution in [3.8, 4) is 0 Å². The average Bonchev–Trinajstić information content (AvgIpc) is 2.94. The van der Waals surface area contributed by atoms with Crippen molar-refractivity contribution in [1.29, 1.82) is 0 Å². The van der Waals surface area contributed by atoms with Gasteiger partial charge in [-0.15, -0.1) is 0 Å². The minimum atomic E-state index is 0.548. The van der Waals surface area contributed by atoms with Crippen LogP contribution in [-0.2, 0) is 12.8 Å². The Morgan fingerprint density at radius 2 is 1.61 bits per heavy atom. The Kier molecular flexibility index (Phi) is 5.78. The lowest BCUT2D eigenvalue weighted by atomic mass is 9.67. The zero-order valence-corrected chi connectivity index (χ0v) is 17.7. The maximum atomic E-state index is 3.88. The van der Waals surface area contributed by atoms with Crippen LogP contribution >= 0.6 is 31.9 Å². The summed E-state index contributed by atoms with van der Waals surface area (Å²) >= 11 is 7.68. The number of rotatable bonds is 6. The van der Waals surface area contributed by atoms with Gasteiger partial charge >= 0.3 is 0 Å². The quantitative estimate of drug-likeness (QED) is 0.583. The Balaban J connectivity index is 2.02. The van der Waals surface area contributed by atoms with Crippen LogP contribution in [0.2, 0.25) is 0 Å². The predicted octanol–water partition coefficient (Wildman–Crippen LogP) is 5.67. The molecule has 23 heavy (non-hydrogen) atoms. The summed E-state index contributed by atoms with van der Waals surface area (Å²) in [4.78, 5) is 3.75. The van der Waals surface area contributed by atoms with Gasteiger partial charge < -0.3 is 4.98 Å². The molecule has 0 radical (unpaired) electrons. The van der Waals surface area contributed by atoms with E-state index in [1.54, 1.807) is 5.56 Å². The van der Waals surface area contributed by atoms with Crippen LogP contribution in [0, 0.1) is 5.41 Å². The molecular formula is C20H29Br2N.